The highest BCUT2D eigenvalue weighted by atomic mass is 35.5. The minimum atomic E-state index is 0.535. The predicted octanol–water partition coefficient (Wildman–Crippen LogP) is 1.75. The number of anilines is 1. The quantitative estimate of drug-likeness (QED) is 0.880. The van der Waals surface area contributed by atoms with E-state index in [4.69, 9.17) is 11.6 Å². The molecule has 0 aliphatic carbocycles. The van der Waals surface area contributed by atoms with Crippen molar-refractivity contribution in [3.63, 3.8) is 0 Å². The van der Waals surface area contributed by atoms with Crippen molar-refractivity contribution in [2.45, 2.75) is 13.5 Å². The van der Waals surface area contributed by atoms with E-state index in [9.17, 15) is 0 Å². The number of aromatic nitrogens is 4. The van der Waals surface area contributed by atoms with Crippen LogP contribution in [0.1, 0.15) is 5.56 Å². The van der Waals surface area contributed by atoms with Crippen molar-refractivity contribution < 1.29 is 0 Å². The standard InChI is InChI=1S/C10H12ClN5/c1-8-4-15-16(7-8)3-2-12-10-13-5-9(11)6-14-10/h4-7H,2-3H2,1H3,(H,12,13,14). The van der Waals surface area contributed by atoms with Gasteiger partial charge in [-0.25, -0.2) is 9.97 Å². The number of hydrogen-bond donors (Lipinski definition) is 1. The molecule has 5 nitrogen and oxygen atoms in total. The second kappa shape index (κ2) is 4.94. The highest BCUT2D eigenvalue weighted by molar-refractivity contribution is 6.30. The van der Waals surface area contributed by atoms with Crippen molar-refractivity contribution in [3.05, 3.63) is 35.4 Å². The van der Waals surface area contributed by atoms with Crippen molar-refractivity contribution in [1.82, 2.24) is 19.7 Å². The van der Waals surface area contributed by atoms with Crippen LogP contribution in [-0.4, -0.2) is 26.3 Å². The maximum Gasteiger partial charge on any atom is 0.222 e. The average molecular weight is 238 g/mol. The van der Waals surface area contributed by atoms with E-state index in [0.29, 0.717) is 11.0 Å². The fraction of sp³-hybridized carbons (Fsp3) is 0.300. The van der Waals surface area contributed by atoms with Gasteiger partial charge in [0.1, 0.15) is 0 Å². The Labute approximate surface area is 98.5 Å². The first kappa shape index (κ1) is 10.9. The summed E-state index contributed by atoms with van der Waals surface area (Å²) in [6.45, 7) is 3.52. The molecule has 2 aromatic heterocycles. The van der Waals surface area contributed by atoms with E-state index in [1.807, 2.05) is 24.0 Å². The molecule has 0 aromatic carbocycles. The summed E-state index contributed by atoms with van der Waals surface area (Å²) in [7, 11) is 0. The molecule has 16 heavy (non-hydrogen) atoms. The molecule has 0 radical (unpaired) electrons. The molecular formula is C10H12ClN5. The van der Waals surface area contributed by atoms with Crippen molar-refractivity contribution in [1.29, 1.82) is 0 Å². The van der Waals surface area contributed by atoms with Crippen molar-refractivity contribution in [2.75, 3.05) is 11.9 Å². The minimum Gasteiger partial charge on any atom is -0.352 e. The van der Waals surface area contributed by atoms with Gasteiger partial charge in [0.05, 0.1) is 30.2 Å². The number of nitrogens with zero attached hydrogens (tertiary/aromatic N) is 4. The predicted molar refractivity (Wildman–Crippen MR) is 62.5 cm³/mol. The van der Waals surface area contributed by atoms with E-state index >= 15 is 0 Å². The molecule has 0 bridgehead atoms. The lowest BCUT2D eigenvalue weighted by Crippen LogP contribution is -2.12. The lowest BCUT2D eigenvalue weighted by atomic mass is 10.4. The molecule has 84 valence electrons. The zero-order valence-electron chi connectivity index (χ0n) is 8.89. The second-order valence-corrected chi connectivity index (χ2v) is 3.87. The minimum absolute atomic E-state index is 0.535. The number of aryl methyl sites for hydroxylation is 1. The molecule has 1 N–H and O–H groups in total. The van der Waals surface area contributed by atoms with Crippen LogP contribution < -0.4 is 5.32 Å². The molecule has 0 fully saturated rings. The van der Waals surface area contributed by atoms with Gasteiger partial charge in [0.2, 0.25) is 5.95 Å². The highest BCUT2D eigenvalue weighted by Gasteiger charge is 1.96. The van der Waals surface area contributed by atoms with Gasteiger partial charge in [-0.05, 0) is 12.5 Å². The molecule has 0 aliphatic rings. The molecule has 2 aromatic rings. The SMILES string of the molecule is Cc1cnn(CCNc2ncc(Cl)cn2)c1. The zero-order chi connectivity index (χ0) is 11.4. The van der Waals surface area contributed by atoms with Crippen LogP contribution in [0.2, 0.25) is 5.02 Å². The van der Waals surface area contributed by atoms with Crippen molar-refractivity contribution in [3.8, 4) is 0 Å². The first-order chi connectivity index (χ1) is 7.74. The van der Waals surface area contributed by atoms with Gasteiger partial charge in [-0.1, -0.05) is 11.6 Å². The first-order valence-electron chi connectivity index (χ1n) is 4.94. The summed E-state index contributed by atoms with van der Waals surface area (Å²) in [4.78, 5) is 8.06. The summed E-state index contributed by atoms with van der Waals surface area (Å²) < 4.78 is 1.87. The fourth-order valence-corrected chi connectivity index (χ4v) is 1.37. The van der Waals surface area contributed by atoms with Crippen molar-refractivity contribution in [2.24, 2.45) is 0 Å². The molecule has 0 saturated heterocycles. The van der Waals surface area contributed by atoms with E-state index in [1.165, 1.54) is 0 Å². The molecular weight excluding hydrogens is 226 g/mol. The van der Waals surface area contributed by atoms with Gasteiger partial charge in [-0.2, -0.15) is 5.10 Å². The normalized spacial score (nSPS) is 10.4. The lowest BCUT2D eigenvalue weighted by molar-refractivity contribution is 0.635. The zero-order valence-corrected chi connectivity index (χ0v) is 9.65. The maximum atomic E-state index is 5.68. The summed E-state index contributed by atoms with van der Waals surface area (Å²) in [5.74, 6) is 0.577. The molecule has 0 aliphatic heterocycles. The Morgan fingerprint density at radius 1 is 1.31 bits per heavy atom. The Kier molecular flexibility index (Phi) is 3.36. The smallest absolute Gasteiger partial charge is 0.222 e. The van der Waals surface area contributed by atoms with E-state index in [-0.39, 0.29) is 0 Å². The number of rotatable bonds is 4. The van der Waals surface area contributed by atoms with Crippen LogP contribution in [0.25, 0.3) is 0 Å². The molecule has 2 rings (SSSR count). The number of nitrogens with one attached hydrogen (secondary N) is 1. The molecule has 2 heterocycles. The first-order valence-corrected chi connectivity index (χ1v) is 5.32. The van der Waals surface area contributed by atoms with Crippen LogP contribution in [0.3, 0.4) is 0 Å². The maximum absolute atomic E-state index is 5.68. The number of halogens is 1. The molecule has 0 saturated carbocycles. The summed E-state index contributed by atoms with van der Waals surface area (Å²) in [6.07, 6.45) is 6.95. The van der Waals surface area contributed by atoms with Gasteiger partial charge in [-0.3, -0.25) is 4.68 Å². The average Bonchev–Trinajstić information content (AvgIpc) is 2.67. The van der Waals surface area contributed by atoms with E-state index < -0.39 is 0 Å². The van der Waals surface area contributed by atoms with Crippen LogP contribution >= 0.6 is 11.6 Å². The Balaban J connectivity index is 1.82. The van der Waals surface area contributed by atoms with Gasteiger partial charge in [0.15, 0.2) is 0 Å². The summed E-state index contributed by atoms with van der Waals surface area (Å²) >= 11 is 5.68. The van der Waals surface area contributed by atoms with Crippen LogP contribution in [0, 0.1) is 6.92 Å². The molecule has 0 atom stereocenters. The Bertz CT molecular complexity index is 450. The van der Waals surface area contributed by atoms with E-state index in [1.54, 1.807) is 12.4 Å². The van der Waals surface area contributed by atoms with Gasteiger partial charge < -0.3 is 5.32 Å². The highest BCUT2D eigenvalue weighted by Crippen LogP contribution is 2.05. The van der Waals surface area contributed by atoms with Crippen LogP contribution in [0.5, 0.6) is 0 Å². The third-order valence-electron chi connectivity index (χ3n) is 2.01. The Morgan fingerprint density at radius 3 is 2.69 bits per heavy atom. The summed E-state index contributed by atoms with van der Waals surface area (Å²) in [5.41, 5.74) is 1.16. The van der Waals surface area contributed by atoms with E-state index in [2.05, 4.69) is 20.4 Å². The monoisotopic (exact) mass is 237 g/mol. The summed E-state index contributed by atoms with van der Waals surface area (Å²) in [5, 5.41) is 7.80. The summed E-state index contributed by atoms with van der Waals surface area (Å²) in [6, 6.07) is 0. The van der Waals surface area contributed by atoms with Crippen LogP contribution in [-0.2, 0) is 6.54 Å². The molecule has 0 spiro atoms. The van der Waals surface area contributed by atoms with E-state index in [0.717, 1.165) is 18.7 Å². The lowest BCUT2D eigenvalue weighted by Gasteiger charge is -2.04. The largest absolute Gasteiger partial charge is 0.352 e. The van der Waals surface area contributed by atoms with Gasteiger partial charge >= 0.3 is 0 Å². The third-order valence-corrected chi connectivity index (χ3v) is 2.20. The number of hydrogen-bond acceptors (Lipinski definition) is 4. The van der Waals surface area contributed by atoms with Crippen LogP contribution in [0.15, 0.2) is 24.8 Å². The molecule has 6 heteroatoms. The Morgan fingerprint density at radius 2 is 2.06 bits per heavy atom. The fourth-order valence-electron chi connectivity index (χ4n) is 1.28. The van der Waals surface area contributed by atoms with Gasteiger partial charge in [-0.15, -0.1) is 0 Å². The Hall–Kier alpha value is -1.62. The van der Waals surface area contributed by atoms with Gasteiger partial charge in [0, 0.05) is 12.7 Å². The topological polar surface area (TPSA) is 55.6 Å². The third kappa shape index (κ3) is 2.93. The second-order valence-electron chi connectivity index (χ2n) is 3.43. The van der Waals surface area contributed by atoms with Crippen LogP contribution in [0.4, 0.5) is 5.95 Å². The molecule has 0 amide bonds. The van der Waals surface area contributed by atoms with Crippen molar-refractivity contribution >= 4 is 17.5 Å². The molecule has 0 unspecified atom stereocenters. The van der Waals surface area contributed by atoms with Gasteiger partial charge in [0.25, 0.3) is 0 Å².